The third-order valence-electron chi connectivity index (χ3n) is 8.92. The summed E-state index contributed by atoms with van der Waals surface area (Å²) >= 11 is 2.38. The van der Waals surface area contributed by atoms with E-state index in [1.54, 1.807) is 78.8 Å². The predicted octanol–water partition coefficient (Wildman–Crippen LogP) is 11.0. The first-order valence-electron chi connectivity index (χ1n) is 20.2. The molecule has 360 valence electrons. The number of phenols is 1. The first-order valence-corrected chi connectivity index (χ1v) is 21.9. The minimum Gasteiger partial charge on any atom is -0.508 e. The summed E-state index contributed by atoms with van der Waals surface area (Å²) in [6.45, 7) is 14.2. The van der Waals surface area contributed by atoms with Gasteiger partial charge in [0.2, 0.25) is 0 Å². The van der Waals surface area contributed by atoms with Crippen molar-refractivity contribution in [2.75, 3.05) is 13.2 Å². The second kappa shape index (κ2) is 22.9. The molecule has 2 heterocycles. The molecular formula is C46H48F6N4O9S2. The lowest BCUT2D eigenvalue weighted by Gasteiger charge is -2.25. The van der Waals surface area contributed by atoms with E-state index < -0.39 is 46.6 Å². The van der Waals surface area contributed by atoms with Gasteiger partial charge in [-0.05, 0) is 127 Å². The number of halogens is 6. The zero-order valence-corrected chi connectivity index (χ0v) is 39.2. The number of aliphatic hydroxyl groups is 1. The summed E-state index contributed by atoms with van der Waals surface area (Å²) in [6, 6.07) is 19.4. The zero-order chi connectivity index (χ0) is 49.7. The number of hydrogen-bond acceptors (Lipinski definition) is 15. The van der Waals surface area contributed by atoms with Crippen molar-refractivity contribution < 1.29 is 69.8 Å². The van der Waals surface area contributed by atoms with Crippen LogP contribution in [0.3, 0.4) is 0 Å². The quantitative estimate of drug-likeness (QED) is 0.0781. The molecule has 0 fully saturated rings. The van der Waals surface area contributed by atoms with Crippen LogP contribution >= 0.6 is 22.7 Å². The topological polar surface area (TPSA) is 172 Å². The molecule has 0 aliphatic carbocycles. The van der Waals surface area contributed by atoms with Crippen LogP contribution in [-0.2, 0) is 44.6 Å². The number of rotatable bonds is 14. The Balaban J connectivity index is 0.000000242. The molecular weight excluding hydrogens is 931 g/mol. The molecule has 0 radical (unpaired) electrons. The second-order valence-electron chi connectivity index (χ2n) is 15.1. The Morgan fingerprint density at radius 1 is 0.597 bits per heavy atom. The van der Waals surface area contributed by atoms with Crippen LogP contribution in [0.1, 0.15) is 73.8 Å². The maximum Gasteiger partial charge on any atom is 0.416 e. The van der Waals surface area contributed by atoms with Gasteiger partial charge in [0.25, 0.3) is 0 Å². The number of ether oxygens (including phenoxy) is 5. The van der Waals surface area contributed by atoms with Gasteiger partial charge in [0.05, 0.1) is 30.9 Å². The van der Waals surface area contributed by atoms with E-state index in [2.05, 4.69) is 20.4 Å². The highest BCUT2D eigenvalue weighted by Crippen LogP contribution is 2.34. The molecule has 2 aromatic heterocycles. The molecule has 0 atom stereocenters. The van der Waals surface area contributed by atoms with Crippen LogP contribution in [0.4, 0.5) is 26.3 Å². The SMILES string of the molecule is CCOC(=O)C(C)(C)Oc1ccc(O)cc1C.CCOC(=O)C(C)(C)Oc1ccc(OCc2nnc(-c3ccc(C(F)(F)F)cc3)s2)cc1C.OCc1nnc(-c2ccc(C(F)(F)F)cc2)s1. The number of carbonyl (C=O) groups is 2. The number of aryl methyl sites for hydroxylation is 2. The van der Waals surface area contributed by atoms with Gasteiger partial charge in [-0.3, -0.25) is 0 Å². The number of aliphatic hydroxyl groups excluding tert-OH is 1. The highest BCUT2D eigenvalue weighted by Gasteiger charge is 2.34. The predicted molar refractivity (Wildman–Crippen MR) is 238 cm³/mol. The van der Waals surface area contributed by atoms with Crippen molar-refractivity contribution in [3.8, 4) is 44.1 Å². The third-order valence-corrected chi connectivity index (χ3v) is 10.8. The molecule has 13 nitrogen and oxygen atoms in total. The number of alkyl halides is 6. The van der Waals surface area contributed by atoms with E-state index >= 15 is 0 Å². The third kappa shape index (κ3) is 15.6. The summed E-state index contributed by atoms with van der Waals surface area (Å²) in [7, 11) is 0. The van der Waals surface area contributed by atoms with Crippen LogP contribution in [0.2, 0.25) is 0 Å². The normalized spacial score (nSPS) is 11.6. The summed E-state index contributed by atoms with van der Waals surface area (Å²) < 4.78 is 102. The summed E-state index contributed by atoms with van der Waals surface area (Å²) in [5, 5.41) is 35.6. The van der Waals surface area contributed by atoms with Crippen LogP contribution in [0, 0.1) is 13.8 Å². The first kappa shape index (κ1) is 53.3. The monoisotopic (exact) mass is 978 g/mol. The molecule has 0 amide bonds. The van der Waals surface area contributed by atoms with E-state index in [1.165, 1.54) is 41.7 Å². The lowest BCUT2D eigenvalue weighted by molar-refractivity contribution is -0.159. The maximum atomic E-state index is 12.7. The van der Waals surface area contributed by atoms with E-state index in [-0.39, 0.29) is 25.6 Å². The molecule has 0 spiro atoms. The van der Waals surface area contributed by atoms with Crippen molar-refractivity contribution in [2.45, 2.75) is 92.2 Å². The molecule has 0 unspecified atom stereocenters. The van der Waals surface area contributed by atoms with Crippen LogP contribution in [-0.4, -0.2) is 67.0 Å². The summed E-state index contributed by atoms with van der Waals surface area (Å²) in [4.78, 5) is 23.7. The molecule has 4 aromatic carbocycles. The van der Waals surface area contributed by atoms with Crippen molar-refractivity contribution >= 4 is 34.6 Å². The van der Waals surface area contributed by atoms with Gasteiger partial charge in [0, 0.05) is 11.1 Å². The number of aromatic hydroxyl groups is 1. The Morgan fingerprint density at radius 3 is 1.40 bits per heavy atom. The van der Waals surface area contributed by atoms with Crippen molar-refractivity contribution in [3.05, 3.63) is 117 Å². The number of esters is 2. The van der Waals surface area contributed by atoms with Crippen LogP contribution in [0.15, 0.2) is 84.9 Å². The summed E-state index contributed by atoms with van der Waals surface area (Å²) in [5.41, 5.74) is -0.957. The average molecular weight is 979 g/mol. The van der Waals surface area contributed by atoms with Gasteiger partial charge < -0.3 is 33.9 Å². The number of hydrogen-bond donors (Lipinski definition) is 2. The Labute approximate surface area is 390 Å². The minimum absolute atomic E-state index is 0.145. The highest BCUT2D eigenvalue weighted by atomic mass is 32.1. The lowest BCUT2D eigenvalue weighted by atomic mass is 10.1. The van der Waals surface area contributed by atoms with E-state index in [0.29, 0.717) is 55.0 Å². The maximum absolute atomic E-state index is 12.7. The van der Waals surface area contributed by atoms with Gasteiger partial charge in [-0.15, -0.1) is 20.4 Å². The fourth-order valence-electron chi connectivity index (χ4n) is 5.43. The number of benzene rings is 4. The second-order valence-corrected chi connectivity index (χ2v) is 17.3. The van der Waals surface area contributed by atoms with E-state index in [4.69, 9.17) is 28.8 Å². The average Bonchev–Trinajstić information content (AvgIpc) is 3.96. The smallest absolute Gasteiger partial charge is 0.416 e. The van der Waals surface area contributed by atoms with Crippen LogP contribution in [0.5, 0.6) is 23.0 Å². The number of phenolic OH excluding ortho intramolecular Hbond substituents is 1. The number of nitrogens with zero attached hydrogens (tertiary/aromatic N) is 4. The Morgan fingerprint density at radius 2 is 1.01 bits per heavy atom. The molecule has 0 aliphatic rings. The highest BCUT2D eigenvalue weighted by molar-refractivity contribution is 7.15. The van der Waals surface area contributed by atoms with Gasteiger partial charge >= 0.3 is 24.3 Å². The molecule has 67 heavy (non-hydrogen) atoms. The molecule has 6 rings (SSSR count). The van der Waals surface area contributed by atoms with Gasteiger partial charge in [-0.25, -0.2) is 9.59 Å². The molecule has 21 heteroatoms. The molecule has 0 saturated carbocycles. The summed E-state index contributed by atoms with van der Waals surface area (Å²) in [6.07, 6.45) is -8.72. The van der Waals surface area contributed by atoms with Gasteiger partial charge in [0.1, 0.15) is 44.6 Å². The zero-order valence-electron chi connectivity index (χ0n) is 37.5. The van der Waals surface area contributed by atoms with Gasteiger partial charge in [-0.1, -0.05) is 46.9 Å². The standard InChI is InChI=1S/C23H23F3N2O4S.C13H18O4.C10H7F3N2OS/c1-5-30-21(29)22(3,4)32-18-11-10-17(12-14(18)2)31-13-19-27-28-20(33-19)15-6-8-16(9-7-15)23(24,25)26;1-5-16-12(15)13(3,4)17-11-7-6-10(14)8-9(11)2;11-10(12,13)7-3-1-6(2-4-7)9-15-14-8(5-16)17-9/h6-12H,5,13H2,1-4H3;6-8,14H,5H2,1-4H3;1-4,16H,5H2. The van der Waals surface area contributed by atoms with Crippen molar-refractivity contribution in [2.24, 2.45) is 0 Å². The number of aromatic nitrogens is 4. The van der Waals surface area contributed by atoms with Crippen molar-refractivity contribution in [1.29, 1.82) is 0 Å². The van der Waals surface area contributed by atoms with Crippen LogP contribution in [0.25, 0.3) is 21.1 Å². The molecule has 0 bridgehead atoms. The lowest BCUT2D eigenvalue weighted by Crippen LogP contribution is -2.39. The van der Waals surface area contributed by atoms with E-state index in [9.17, 15) is 41.0 Å². The molecule has 6 aromatic rings. The van der Waals surface area contributed by atoms with Crippen molar-refractivity contribution in [3.63, 3.8) is 0 Å². The Kier molecular flexibility index (Phi) is 18.2. The largest absolute Gasteiger partial charge is 0.508 e. The number of carbonyl (C=O) groups excluding carboxylic acids is 2. The van der Waals surface area contributed by atoms with E-state index in [1.807, 2.05) is 6.92 Å². The van der Waals surface area contributed by atoms with Crippen molar-refractivity contribution in [1.82, 2.24) is 20.4 Å². The minimum atomic E-state index is -4.38. The Hall–Kier alpha value is -6.32. The van der Waals surface area contributed by atoms with Gasteiger partial charge in [0.15, 0.2) is 16.2 Å². The Bertz CT molecular complexity index is 2560. The fraction of sp³-hybridized carbons (Fsp3) is 0.348. The summed E-state index contributed by atoms with van der Waals surface area (Å²) in [5.74, 6) is 0.961. The fourth-order valence-corrected chi connectivity index (χ4v) is 6.89. The first-order chi connectivity index (χ1) is 31.4. The van der Waals surface area contributed by atoms with E-state index in [0.717, 1.165) is 46.7 Å². The molecule has 0 aliphatic heterocycles. The van der Waals surface area contributed by atoms with Crippen LogP contribution < -0.4 is 14.2 Å². The molecule has 2 N–H and O–H groups in total. The molecule has 0 saturated heterocycles. The van der Waals surface area contributed by atoms with Gasteiger partial charge in [-0.2, -0.15) is 26.3 Å².